The lowest BCUT2D eigenvalue weighted by molar-refractivity contribution is -0.141. The van der Waals surface area contributed by atoms with Crippen molar-refractivity contribution in [2.75, 3.05) is 44.6 Å². The molecule has 0 aliphatic carbocycles. The summed E-state index contributed by atoms with van der Waals surface area (Å²) in [6, 6.07) is 10.0. The van der Waals surface area contributed by atoms with Crippen molar-refractivity contribution in [1.29, 1.82) is 0 Å². The number of alkyl halides is 3. The van der Waals surface area contributed by atoms with Crippen molar-refractivity contribution in [1.82, 2.24) is 29.5 Å². The number of carbonyl (C=O) groups is 3. The number of amides is 3. The SMILES string of the molecule is CC(C)Oc1cc2nc(C3CCN(CCN4CCC(c5ccc(C6CCC(=O)NC6=O)cc5F)CC4)CC3)cn2cc1NC(=O)c1cccc(C(F)(F)F)n1. The van der Waals surface area contributed by atoms with Crippen molar-refractivity contribution in [3.05, 3.63) is 88.9 Å². The number of pyridine rings is 2. The lowest BCUT2D eigenvalue weighted by Crippen LogP contribution is -2.41. The third-order valence-corrected chi connectivity index (χ3v) is 10.9. The van der Waals surface area contributed by atoms with Gasteiger partial charge in [0.25, 0.3) is 5.91 Å². The molecule has 4 aromatic rings. The summed E-state index contributed by atoms with van der Waals surface area (Å²) in [7, 11) is 0. The Labute approximate surface area is 316 Å². The highest BCUT2D eigenvalue weighted by Gasteiger charge is 2.33. The van der Waals surface area contributed by atoms with Crippen LogP contribution in [0.5, 0.6) is 5.75 Å². The minimum atomic E-state index is -4.68. The zero-order chi connectivity index (χ0) is 38.9. The number of likely N-dealkylation sites (tertiary alicyclic amines) is 2. The van der Waals surface area contributed by atoms with E-state index in [2.05, 4.69) is 25.4 Å². The maximum absolute atomic E-state index is 15.2. The molecular weight excluding hydrogens is 718 g/mol. The van der Waals surface area contributed by atoms with E-state index in [1.165, 1.54) is 12.1 Å². The number of ether oxygens (including phenoxy) is 1. The molecule has 7 rings (SSSR count). The predicted octanol–water partition coefficient (Wildman–Crippen LogP) is 6.51. The normalized spacial score (nSPS) is 19.6. The molecule has 11 nitrogen and oxygen atoms in total. The number of piperidine rings is 3. The molecule has 0 radical (unpaired) electrons. The number of imidazole rings is 1. The second-order valence-corrected chi connectivity index (χ2v) is 15.0. The van der Waals surface area contributed by atoms with E-state index >= 15 is 4.39 Å². The number of carbonyl (C=O) groups excluding carboxylic acids is 3. The van der Waals surface area contributed by atoms with Crippen LogP contribution in [0.3, 0.4) is 0 Å². The van der Waals surface area contributed by atoms with Crippen LogP contribution in [0, 0.1) is 5.82 Å². The van der Waals surface area contributed by atoms with Gasteiger partial charge in [0.05, 0.1) is 17.7 Å². The Hall–Kier alpha value is -4.89. The fourth-order valence-electron chi connectivity index (χ4n) is 7.89. The Kier molecular flexibility index (Phi) is 11.2. The van der Waals surface area contributed by atoms with Gasteiger partial charge in [0.1, 0.15) is 34.3 Å². The van der Waals surface area contributed by atoms with Crippen molar-refractivity contribution in [2.24, 2.45) is 0 Å². The summed E-state index contributed by atoms with van der Waals surface area (Å²) in [4.78, 5) is 50.1. The van der Waals surface area contributed by atoms with Crippen LogP contribution in [-0.2, 0) is 15.8 Å². The van der Waals surface area contributed by atoms with Gasteiger partial charge in [-0.2, -0.15) is 13.2 Å². The molecular formula is C40H45F4N7O4. The average Bonchev–Trinajstić information content (AvgIpc) is 3.57. The van der Waals surface area contributed by atoms with Crippen molar-refractivity contribution in [3.8, 4) is 5.75 Å². The van der Waals surface area contributed by atoms with Gasteiger partial charge in [-0.05, 0) is 107 Å². The Morgan fingerprint density at radius 1 is 0.927 bits per heavy atom. The van der Waals surface area contributed by atoms with E-state index in [4.69, 9.17) is 9.72 Å². The fraction of sp³-hybridized carbons (Fsp3) is 0.475. The number of rotatable bonds is 10. The molecule has 0 bridgehead atoms. The summed E-state index contributed by atoms with van der Waals surface area (Å²) in [6.07, 6.45) is 2.94. The summed E-state index contributed by atoms with van der Waals surface area (Å²) >= 11 is 0. The summed E-state index contributed by atoms with van der Waals surface area (Å²) < 4.78 is 62.7. The van der Waals surface area contributed by atoms with Crippen LogP contribution in [0.25, 0.3) is 5.65 Å². The lowest BCUT2D eigenvalue weighted by Gasteiger charge is -2.36. The summed E-state index contributed by atoms with van der Waals surface area (Å²) in [5.74, 6) is -1.49. The van der Waals surface area contributed by atoms with Gasteiger partial charge >= 0.3 is 6.18 Å². The molecule has 3 fully saturated rings. The molecule has 3 aliphatic rings. The van der Waals surface area contributed by atoms with Crippen molar-refractivity contribution < 1.29 is 36.7 Å². The van der Waals surface area contributed by atoms with Crippen LogP contribution < -0.4 is 15.4 Å². The highest BCUT2D eigenvalue weighted by molar-refractivity contribution is 6.03. The molecule has 0 saturated carbocycles. The number of hydrogen-bond donors (Lipinski definition) is 2. The third kappa shape index (κ3) is 8.99. The summed E-state index contributed by atoms with van der Waals surface area (Å²) in [5.41, 5.74) is 1.66. The van der Waals surface area contributed by atoms with Gasteiger partial charge in [-0.25, -0.2) is 14.4 Å². The van der Waals surface area contributed by atoms with Gasteiger partial charge in [-0.1, -0.05) is 18.2 Å². The molecule has 15 heteroatoms. The number of hydrogen-bond acceptors (Lipinski definition) is 8. The second-order valence-electron chi connectivity index (χ2n) is 15.0. The van der Waals surface area contributed by atoms with E-state index in [0.29, 0.717) is 34.6 Å². The fourth-order valence-corrected chi connectivity index (χ4v) is 7.89. The average molecular weight is 764 g/mol. The van der Waals surface area contributed by atoms with Crippen molar-refractivity contribution in [3.63, 3.8) is 0 Å². The molecule has 1 aromatic carbocycles. The van der Waals surface area contributed by atoms with Crippen LogP contribution in [0.4, 0.5) is 23.2 Å². The largest absolute Gasteiger partial charge is 0.489 e. The molecule has 1 unspecified atom stereocenters. The first-order valence-corrected chi connectivity index (χ1v) is 18.9. The van der Waals surface area contributed by atoms with E-state index in [0.717, 1.165) is 82.8 Å². The van der Waals surface area contributed by atoms with Gasteiger partial charge in [0.15, 0.2) is 0 Å². The Bertz CT molecular complexity index is 2050. The number of anilines is 1. The van der Waals surface area contributed by atoms with Crippen LogP contribution in [0.15, 0.2) is 54.9 Å². The van der Waals surface area contributed by atoms with Crippen molar-refractivity contribution in [2.45, 2.75) is 82.4 Å². The van der Waals surface area contributed by atoms with E-state index in [-0.39, 0.29) is 47.7 Å². The Balaban J connectivity index is 0.909. The first-order valence-electron chi connectivity index (χ1n) is 18.9. The maximum Gasteiger partial charge on any atom is 0.433 e. The van der Waals surface area contributed by atoms with E-state index in [9.17, 15) is 27.6 Å². The summed E-state index contributed by atoms with van der Waals surface area (Å²) in [6.45, 7) is 9.18. The highest BCUT2D eigenvalue weighted by Crippen LogP contribution is 2.35. The zero-order valence-electron chi connectivity index (χ0n) is 30.9. The van der Waals surface area contributed by atoms with Crippen LogP contribution in [0.2, 0.25) is 0 Å². The molecule has 3 saturated heterocycles. The number of benzene rings is 1. The van der Waals surface area contributed by atoms with Gasteiger partial charge in [0.2, 0.25) is 11.8 Å². The van der Waals surface area contributed by atoms with E-state index < -0.39 is 23.7 Å². The van der Waals surface area contributed by atoms with Crippen LogP contribution in [0.1, 0.15) is 103 Å². The van der Waals surface area contributed by atoms with Gasteiger partial charge in [-0.3, -0.25) is 19.7 Å². The Morgan fingerprint density at radius 2 is 1.62 bits per heavy atom. The predicted molar refractivity (Wildman–Crippen MR) is 197 cm³/mol. The minimum Gasteiger partial charge on any atom is -0.489 e. The number of nitrogens with zero attached hydrogens (tertiary/aromatic N) is 5. The van der Waals surface area contributed by atoms with Crippen LogP contribution >= 0.6 is 0 Å². The number of imide groups is 1. The quantitative estimate of drug-likeness (QED) is 0.139. The zero-order valence-corrected chi connectivity index (χ0v) is 30.9. The van der Waals surface area contributed by atoms with Gasteiger partial charge < -0.3 is 24.3 Å². The molecule has 2 N–H and O–H groups in total. The molecule has 3 amide bonds. The molecule has 55 heavy (non-hydrogen) atoms. The molecule has 3 aromatic heterocycles. The first-order chi connectivity index (χ1) is 26.3. The molecule has 1 atom stereocenters. The lowest BCUT2D eigenvalue weighted by atomic mass is 9.85. The summed E-state index contributed by atoms with van der Waals surface area (Å²) in [5, 5.41) is 5.03. The number of aromatic nitrogens is 3. The number of fused-ring (bicyclic) bond motifs is 1. The molecule has 3 aliphatic heterocycles. The molecule has 292 valence electrons. The van der Waals surface area contributed by atoms with Gasteiger partial charge in [0, 0.05) is 43.9 Å². The molecule has 0 spiro atoms. The second kappa shape index (κ2) is 16.1. The van der Waals surface area contributed by atoms with E-state index in [1.807, 2.05) is 32.2 Å². The maximum atomic E-state index is 15.2. The number of halogens is 4. The van der Waals surface area contributed by atoms with Crippen LogP contribution in [-0.4, -0.2) is 87.3 Å². The topological polar surface area (TPSA) is 121 Å². The molecule has 6 heterocycles. The smallest absolute Gasteiger partial charge is 0.433 e. The Morgan fingerprint density at radius 3 is 2.25 bits per heavy atom. The van der Waals surface area contributed by atoms with E-state index in [1.54, 1.807) is 16.7 Å². The minimum absolute atomic E-state index is 0.126. The van der Waals surface area contributed by atoms with Gasteiger partial charge in [-0.15, -0.1) is 0 Å². The third-order valence-electron chi connectivity index (χ3n) is 10.9. The number of nitrogens with one attached hydrogen (secondary N) is 2. The standard InChI is InChI=1S/C40H45F4N7O4/c1-24(2)55-34-21-36-46-32(22-51(36)23-33(34)47-39(54)31-4-3-5-35(45-31)40(42,43)44)26-12-16-50(17-13-26)19-18-49-14-10-25(11-15-49)28-7-6-27(20-30(28)41)29-8-9-37(52)48-38(29)53/h3-7,20-26,29H,8-19H2,1-2H3,(H,47,54)(H,48,52,53). The highest BCUT2D eigenvalue weighted by atomic mass is 19.4. The monoisotopic (exact) mass is 763 g/mol. The first kappa shape index (κ1) is 38.4. The van der Waals surface area contributed by atoms with Crippen molar-refractivity contribution >= 4 is 29.1 Å².